The largest absolute Gasteiger partial charge is 0.415 e. The number of carbonyl (C=O) groups is 1. The molecule has 2 aromatic rings. The van der Waals surface area contributed by atoms with Crippen LogP contribution in [0.4, 0.5) is 0 Å². The molecule has 0 saturated heterocycles. The van der Waals surface area contributed by atoms with Crippen molar-refractivity contribution in [2.75, 3.05) is 13.2 Å². The lowest BCUT2D eigenvalue weighted by Gasteiger charge is -2.37. The number of esters is 1. The fourth-order valence-electron chi connectivity index (χ4n) is 4.65. The summed E-state index contributed by atoms with van der Waals surface area (Å²) in [7, 11) is 0. The number of nitrogens with one attached hydrogen (secondary N) is 1. The van der Waals surface area contributed by atoms with Crippen LogP contribution in [0.15, 0.2) is 35.1 Å². The number of benzene rings is 1. The van der Waals surface area contributed by atoms with Crippen LogP contribution in [0.2, 0.25) is 0 Å². The van der Waals surface area contributed by atoms with Crippen LogP contribution in [0.3, 0.4) is 0 Å². The predicted molar refractivity (Wildman–Crippen MR) is 114 cm³/mol. The van der Waals surface area contributed by atoms with E-state index in [2.05, 4.69) is 12.2 Å². The van der Waals surface area contributed by atoms with Crippen LogP contribution in [0.5, 0.6) is 5.75 Å². The molecule has 1 saturated carbocycles. The van der Waals surface area contributed by atoms with Gasteiger partial charge in [0.15, 0.2) is 0 Å². The molecule has 0 radical (unpaired) electrons. The minimum atomic E-state index is -0.601. The van der Waals surface area contributed by atoms with Crippen molar-refractivity contribution in [2.45, 2.75) is 58.2 Å². The second-order valence-corrected chi connectivity index (χ2v) is 8.11. The molecular formula is C23H29N3O5. The van der Waals surface area contributed by atoms with E-state index in [9.17, 15) is 9.59 Å². The molecular weight excluding hydrogens is 398 g/mol. The topological polar surface area (TPSA) is 91.7 Å². The van der Waals surface area contributed by atoms with E-state index < -0.39 is 5.97 Å². The molecule has 0 unspecified atom stereocenters. The molecule has 8 nitrogen and oxygen atoms in total. The summed E-state index contributed by atoms with van der Waals surface area (Å²) in [5.41, 5.74) is -0.0664. The van der Waals surface area contributed by atoms with E-state index >= 15 is 0 Å². The van der Waals surface area contributed by atoms with Gasteiger partial charge < -0.3 is 10.1 Å². The maximum absolute atomic E-state index is 13.6. The fraction of sp³-hybridized carbons (Fsp3) is 0.522. The molecule has 3 heterocycles. The molecule has 1 aromatic carbocycles. The molecule has 1 aromatic heterocycles. The maximum atomic E-state index is 13.6. The molecule has 3 aliphatic rings. The Labute approximate surface area is 181 Å². The Hall–Kier alpha value is -2.55. The van der Waals surface area contributed by atoms with Crippen molar-refractivity contribution >= 4 is 5.97 Å². The van der Waals surface area contributed by atoms with E-state index in [1.807, 2.05) is 6.07 Å². The average Bonchev–Trinajstić information content (AvgIpc) is 3.03. The summed E-state index contributed by atoms with van der Waals surface area (Å²) in [6.45, 7) is 5.48. The molecule has 1 N–H and O–H groups in total. The fourth-order valence-corrected chi connectivity index (χ4v) is 4.65. The highest BCUT2D eigenvalue weighted by Crippen LogP contribution is 2.42. The third kappa shape index (κ3) is 4.28. The average molecular weight is 428 g/mol. The zero-order chi connectivity index (χ0) is 21.8. The number of fused-ring (bicyclic) bond motifs is 2. The van der Waals surface area contributed by atoms with Crippen molar-refractivity contribution in [3.05, 3.63) is 57.8 Å². The van der Waals surface area contributed by atoms with Crippen LogP contribution in [0.1, 0.15) is 61.4 Å². The molecule has 2 aliphatic heterocycles. The second-order valence-electron chi connectivity index (χ2n) is 8.11. The van der Waals surface area contributed by atoms with Crippen LogP contribution < -0.4 is 15.6 Å². The number of carbonyl (C=O) groups excluding carboxylic acids is 1. The van der Waals surface area contributed by atoms with Gasteiger partial charge in [-0.15, -0.1) is 0 Å². The molecule has 0 spiro atoms. The van der Waals surface area contributed by atoms with Gasteiger partial charge in [0, 0.05) is 6.54 Å². The molecule has 2 bridgehead atoms. The van der Waals surface area contributed by atoms with Gasteiger partial charge in [-0.2, -0.15) is 0 Å². The Morgan fingerprint density at radius 1 is 1.19 bits per heavy atom. The Bertz CT molecular complexity index is 981. The molecule has 5 rings (SSSR count). The first-order valence-electron chi connectivity index (χ1n) is 11.0. The van der Waals surface area contributed by atoms with Crippen LogP contribution >= 0.6 is 0 Å². The van der Waals surface area contributed by atoms with E-state index in [-0.39, 0.29) is 29.1 Å². The monoisotopic (exact) mass is 427 g/mol. The van der Waals surface area contributed by atoms with E-state index in [0.29, 0.717) is 30.5 Å². The van der Waals surface area contributed by atoms with Gasteiger partial charge >= 0.3 is 5.97 Å². The Morgan fingerprint density at radius 2 is 1.94 bits per heavy atom. The summed E-state index contributed by atoms with van der Waals surface area (Å²) in [6, 6.07) is 8.60. The molecule has 1 fully saturated rings. The van der Waals surface area contributed by atoms with E-state index in [0.717, 1.165) is 32.2 Å². The normalized spacial score (nSPS) is 22.1. The van der Waals surface area contributed by atoms with Gasteiger partial charge in [-0.1, -0.05) is 25.1 Å². The molecule has 1 aliphatic carbocycles. The summed E-state index contributed by atoms with van der Waals surface area (Å²) < 4.78 is 7.29. The zero-order valence-electron chi connectivity index (χ0n) is 18.1. The third-order valence-corrected chi connectivity index (χ3v) is 6.14. The third-order valence-electron chi connectivity index (χ3n) is 6.14. The van der Waals surface area contributed by atoms with Gasteiger partial charge in [0.05, 0.1) is 17.7 Å². The van der Waals surface area contributed by atoms with Crippen LogP contribution in [-0.4, -0.2) is 28.7 Å². The highest BCUT2D eigenvalue weighted by Gasteiger charge is 2.44. The van der Waals surface area contributed by atoms with Crippen LogP contribution in [0.25, 0.3) is 0 Å². The summed E-state index contributed by atoms with van der Waals surface area (Å²) in [5.74, 6) is 0.422. The first-order chi connectivity index (χ1) is 15.1. The minimum Gasteiger partial charge on any atom is -0.415 e. The number of hydrogen-bond donors (Lipinski definition) is 1. The predicted octanol–water partition coefficient (Wildman–Crippen LogP) is 2.94. The summed E-state index contributed by atoms with van der Waals surface area (Å²) in [4.78, 5) is 41.4. The lowest BCUT2D eigenvalue weighted by Crippen LogP contribution is -2.47. The zero-order valence-corrected chi connectivity index (χ0v) is 18.1. The van der Waals surface area contributed by atoms with Gasteiger partial charge in [-0.25, -0.2) is 19.6 Å². The van der Waals surface area contributed by atoms with E-state index in [1.165, 1.54) is 0 Å². The minimum absolute atomic E-state index is 0.0834. The van der Waals surface area contributed by atoms with Crippen molar-refractivity contribution in [1.29, 1.82) is 0 Å². The van der Waals surface area contributed by atoms with Crippen LogP contribution in [0, 0.1) is 5.92 Å². The Morgan fingerprint density at radius 3 is 2.61 bits per heavy atom. The lowest BCUT2D eigenvalue weighted by molar-refractivity contribution is -0.301. The van der Waals surface area contributed by atoms with Crippen molar-refractivity contribution in [1.82, 2.24) is 14.9 Å². The van der Waals surface area contributed by atoms with Gasteiger partial charge in [0.1, 0.15) is 18.1 Å². The van der Waals surface area contributed by atoms with Crippen molar-refractivity contribution < 1.29 is 19.3 Å². The number of rotatable bonds is 8. The van der Waals surface area contributed by atoms with Gasteiger partial charge in [-0.3, -0.25) is 9.36 Å². The molecule has 0 amide bonds. The molecule has 0 atom stereocenters. The highest BCUT2D eigenvalue weighted by molar-refractivity contribution is 5.91. The Balaban J connectivity index is 1.79. The summed E-state index contributed by atoms with van der Waals surface area (Å²) in [5, 5.41) is 3.59. The van der Waals surface area contributed by atoms with Gasteiger partial charge in [0.2, 0.25) is 5.75 Å². The SMILES string of the molecule is CCNC12CCC(CC1)Cn1c2nc(COOCC)c(OC(=O)c2ccccc2)c1=O. The number of nitrogens with zero attached hydrogens (tertiary/aromatic N) is 2. The van der Waals surface area contributed by atoms with E-state index in [4.69, 9.17) is 19.5 Å². The smallest absolute Gasteiger partial charge is 0.343 e. The quantitative estimate of drug-likeness (QED) is 0.300. The summed E-state index contributed by atoms with van der Waals surface area (Å²) in [6.07, 6.45) is 3.90. The first-order valence-corrected chi connectivity index (χ1v) is 11.0. The summed E-state index contributed by atoms with van der Waals surface area (Å²) >= 11 is 0. The highest BCUT2D eigenvalue weighted by atomic mass is 17.2. The van der Waals surface area contributed by atoms with Crippen molar-refractivity contribution in [3.8, 4) is 5.75 Å². The number of aromatic nitrogens is 2. The Kier molecular flexibility index (Phi) is 6.50. The maximum Gasteiger partial charge on any atom is 0.343 e. The standard InChI is InChI=1S/C23H29N3O5/c1-3-24-23-12-10-16(11-13-23)14-26-20(27)19(18(25-22(23)26)15-30-29-4-2)31-21(28)17-8-6-5-7-9-17/h5-9,16,24H,3-4,10-15H2,1-2H3. The van der Waals surface area contributed by atoms with Crippen molar-refractivity contribution in [3.63, 3.8) is 0 Å². The first kappa shape index (κ1) is 21.7. The number of hydrogen-bond acceptors (Lipinski definition) is 7. The molecule has 8 heteroatoms. The molecule has 31 heavy (non-hydrogen) atoms. The molecule has 166 valence electrons. The van der Waals surface area contributed by atoms with Crippen molar-refractivity contribution in [2.24, 2.45) is 5.92 Å². The lowest BCUT2D eigenvalue weighted by atomic mass is 9.77. The van der Waals surface area contributed by atoms with Crippen LogP contribution in [-0.2, 0) is 28.5 Å². The van der Waals surface area contributed by atoms with Gasteiger partial charge in [0.25, 0.3) is 5.56 Å². The van der Waals surface area contributed by atoms with E-state index in [1.54, 1.807) is 35.8 Å². The van der Waals surface area contributed by atoms with Gasteiger partial charge in [-0.05, 0) is 57.2 Å². The number of ether oxygens (including phenoxy) is 1. The second kappa shape index (κ2) is 9.30.